The minimum absolute atomic E-state index is 0.0708. The Kier molecular flexibility index (Phi) is 13.6. The Morgan fingerprint density at radius 3 is 2.37 bits per heavy atom. The molecular weight excluding hydrogens is 626 g/mol. The maximum Gasteiger partial charge on any atom is 0.342 e. The minimum Gasteiger partial charge on any atom is -0.496 e. The van der Waals surface area contributed by atoms with Crippen molar-refractivity contribution in [3.05, 3.63) is 58.1 Å². The molecule has 14 heteroatoms. The van der Waals surface area contributed by atoms with Gasteiger partial charge in [0.2, 0.25) is 5.91 Å². The summed E-state index contributed by atoms with van der Waals surface area (Å²) in [5, 5.41) is 33.0. The highest BCUT2D eigenvalue weighted by Crippen LogP contribution is 2.35. The Labute approximate surface area is 272 Å². The van der Waals surface area contributed by atoms with Crippen molar-refractivity contribution in [3.63, 3.8) is 0 Å². The summed E-state index contributed by atoms with van der Waals surface area (Å²) in [4.78, 5) is 37.2. The van der Waals surface area contributed by atoms with Gasteiger partial charge in [0.25, 0.3) is 0 Å². The first-order valence-corrected chi connectivity index (χ1v) is 15.1. The Morgan fingerprint density at radius 2 is 1.72 bits per heavy atom. The molecule has 2 aromatic rings. The van der Waals surface area contributed by atoms with E-state index in [1.807, 2.05) is 24.3 Å². The van der Waals surface area contributed by atoms with Crippen LogP contribution in [0.5, 0.6) is 11.5 Å². The van der Waals surface area contributed by atoms with Crippen molar-refractivity contribution in [2.75, 3.05) is 20.8 Å². The molecule has 2 aromatic carbocycles. The van der Waals surface area contributed by atoms with Gasteiger partial charge in [-0.15, -0.1) is 0 Å². The average molecular weight is 668 g/mol. The molecule has 5 atom stereocenters. The molecule has 3 rings (SSSR count). The summed E-state index contributed by atoms with van der Waals surface area (Å²) in [7, 11) is 2.60. The van der Waals surface area contributed by atoms with Crippen LogP contribution in [0.15, 0.2) is 36.4 Å². The SMILES string of the molecule is COc1cc(OCc2cccc(CNC(=O)CCCC(=O)OC(C)(C)C)c2)c(Cl)cc1C(=O)O[C@H]1[C@@H](OC)O[C@H](CO)[C@@H](O)[C@@H]1O. The van der Waals surface area contributed by atoms with Gasteiger partial charge in [-0.3, -0.25) is 9.59 Å². The summed E-state index contributed by atoms with van der Waals surface area (Å²) in [5.74, 6) is -1.17. The summed E-state index contributed by atoms with van der Waals surface area (Å²) in [5.41, 5.74) is 0.977. The van der Waals surface area contributed by atoms with Crippen molar-refractivity contribution in [1.29, 1.82) is 0 Å². The predicted molar refractivity (Wildman–Crippen MR) is 164 cm³/mol. The fourth-order valence-electron chi connectivity index (χ4n) is 4.60. The molecule has 1 aliphatic rings. The van der Waals surface area contributed by atoms with Crippen molar-refractivity contribution in [1.82, 2.24) is 5.32 Å². The number of hydrogen-bond acceptors (Lipinski definition) is 12. The number of rotatable bonds is 14. The lowest BCUT2D eigenvalue weighted by atomic mass is 9.99. The number of carbonyl (C=O) groups is 3. The number of aliphatic hydroxyl groups excluding tert-OH is 3. The van der Waals surface area contributed by atoms with Gasteiger partial charge in [-0.05, 0) is 44.4 Å². The van der Waals surface area contributed by atoms with Crippen LogP contribution in [0.4, 0.5) is 0 Å². The largest absolute Gasteiger partial charge is 0.496 e. The van der Waals surface area contributed by atoms with E-state index in [9.17, 15) is 29.7 Å². The lowest BCUT2D eigenvalue weighted by molar-refractivity contribution is -0.293. The molecule has 0 spiro atoms. The van der Waals surface area contributed by atoms with E-state index in [1.54, 1.807) is 20.8 Å². The molecule has 0 aliphatic carbocycles. The molecule has 1 amide bonds. The summed E-state index contributed by atoms with van der Waals surface area (Å²) < 4.78 is 32.5. The topological polar surface area (TPSA) is 179 Å². The van der Waals surface area contributed by atoms with Gasteiger partial charge in [-0.1, -0.05) is 35.9 Å². The van der Waals surface area contributed by atoms with E-state index in [0.29, 0.717) is 6.42 Å². The standard InChI is InChI=1S/C32H42ClNO12/c1-32(2,3)46-26(37)11-7-10-25(36)34-15-18-8-6-9-19(12-18)17-43-23-14-22(41-4)20(13-21(23)33)30(40)45-29-28(39)27(38)24(16-35)44-31(29)42-5/h6,8-9,12-14,24,27-29,31,35,38-39H,7,10-11,15-17H2,1-5H3,(H,34,36)/t24-,27-,28+,29-,31+/m1/s1. The monoisotopic (exact) mass is 667 g/mol. The van der Waals surface area contributed by atoms with Crippen LogP contribution in [0.2, 0.25) is 5.02 Å². The van der Waals surface area contributed by atoms with E-state index in [1.165, 1.54) is 26.4 Å². The Hall–Kier alpha value is -3.46. The zero-order chi connectivity index (χ0) is 34.0. The number of nitrogens with one attached hydrogen (secondary N) is 1. The fourth-order valence-corrected chi connectivity index (χ4v) is 4.82. The predicted octanol–water partition coefficient (Wildman–Crippen LogP) is 2.67. The Bertz CT molecular complexity index is 1340. The first-order valence-electron chi connectivity index (χ1n) is 14.7. The summed E-state index contributed by atoms with van der Waals surface area (Å²) in [6, 6.07) is 10.1. The maximum absolute atomic E-state index is 13.1. The Morgan fingerprint density at radius 1 is 1.00 bits per heavy atom. The van der Waals surface area contributed by atoms with E-state index < -0.39 is 48.9 Å². The number of amides is 1. The molecule has 0 bridgehead atoms. The quantitative estimate of drug-likeness (QED) is 0.217. The van der Waals surface area contributed by atoms with E-state index >= 15 is 0 Å². The number of benzene rings is 2. The van der Waals surface area contributed by atoms with E-state index in [-0.39, 0.29) is 60.0 Å². The Balaban J connectivity index is 1.57. The van der Waals surface area contributed by atoms with Gasteiger partial charge in [-0.2, -0.15) is 0 Å². The summed E-state index contributed by atoms with van der Waals surface area (Å²) in [6.07, 6.45) is -6.18. The van der Waals surface area contributed by atoms with E-state index in [4.69, 9.17) is 40.0 Å². The van der Waals surface area contributed by atoms with E-state index in [2.05, 4.69) is 5.32 Å². The molecule has 0 saturated carbocycles. The minimum atomic E-state index is -1.60. The van der Waals surface area contributed by atoms with Gasteiger partial charge in [0.15, 0.2) is 12.4 Å². The molecule has 1 heterocycles. The smallest absolute Gasteiger partial charge is 0.342 e. The van der Waals surface area contributed by atoms with Crippen LogP contribution >= 0.6 is 11.6 Å². The van der Waals surface area contributed by atoms with Crippen molar-refractivity contribution in [3.8, 4) is 11.5 Å². The summed E-state index contributed by atoms with van der Waals surface area (Å²) >= 11 is 6.43. The van der Waals surface area contributed by atoms with Crippen LogP contribution in [0.1, 0.15) is 61.5 Å². The average Bonchev–Trinajstić information content (AvgIpc) is 3.01. The van der Waals surface area contributed by atoms with E-state index in [0.717, 1.165) is 11.1 Å². The summed E-state index contributed by atoms with van der Waals surface area (Å²) in [6.45, 7) is 5.18. The number of ether oxygens (including phenoxy) is 6. The lowest BCUT2D eigenvalue weighted by Crippen LogP contribution is -2.60. The van der Waals surface area contributed by atoms with Gasteiger partial charge in [0.05, 0.1) is 18.7 Å². The molecule has 4 N–H and O–H groups in total. The molecule has 0 unspecified atom stereocenters. The van der Waals surface area contributed by atoms with Crippen molar-refractivity contribution in [2.24, 2.45) is 0 Å². The number of hydrogen-bond donors (Lipinski definition) is 4. The number of aliphatic hydroxyl groups is 3. The molecule has 1 aliphatic heterocycles. The molecule has 1 fully saturated rings. The lowest BCUT2D eigenvalue weighted by Gasteiger charge is -2.40. The van der Waals surface area contributed by atoms with Gasteiger partial charge >= 0.3 is 11.9 Å². The zero-order valence-electron chi connectivity index (χ0n) is 26.5. The number of halogens is 1. The second-order valence-corrected chi connectivity index (χ2v) is 12.0. The van der Waals surface area contributed by atoms with Crippen molar-refractivity contribution < 1.29 is 58.1 Å². The molecular formula is C32H42ClNO12. The van der Waals surface area contributed by atoms with Gasteiger partial charge in [-0.25, -0.2) is 4.79 Å². The van der Waals surface area contributed by atoms with Gasteiger partial charge in [0, 0.05) is 32.6 Å². The maximum atomic E-state index is 13.1. The van der Waals surface area contributed by atoms with Crippen LogP contribution in [-0.4, -0.2) is 90.3 Å². The highest BCUT2D eigenvalue weighted by molar-refractivity contribution is 6.32. The first-order chi connectivity index (χ1) is 21.8. The van der Waals surface area contributed by atoms with Crippen molar-refractivity contribution in [2.45, 2.75) is 89.5 Å². The second-order valence-electron chi connectivity index (χ2n) is 11.6. The fraction of sp³-hybridized carbons (Fsp3) is 0.531. The zero-order valence-corrected chi connectivity index (χ0v) is 27.2. The van der Waals surface area contributed by atoms with Gasteiger partial charge < -0.3 is 49.1 Å². The third-order valence-electron chi connectivity index (χ3n) is 6.85. The molecule has 0 aromatic heterocycles. The number of carbonyl (C=O) groups excluding carboxylic acids is 3. The molecule has 254 valence electrons. The highest BCUT2D eigenvalue weighted by Gasteiger charge is 2.47. The third kappa shape index (κ3) is 10.5. The van der Waals surface area contributed by atoms with Crippen molar-refractivity contribution >= 4 is 29.4 Å². The molecule has 13 nitrogen and oxygen atoms in total. The van der Waals surface area contributed by atoms with Crippen LogP contribution in [0, 0.1) is 0 Å². The number of esters is 2. The molecule has 0 radical (unpaired) electrons. The van der Waals surface area contributed by atoms with Crippen LogP contribution in [0.25, 0.3) is 0 Å². The first kappa shape index (κ1) is 37.0. The van der Waals surface area contributed by atoms with Crippen LogP contribution in [0.3, 0.4) is 0 Å². The van der Waals surface area contributed by atoms with Gasteiger partial charge in [0.1, 0.15) is 47.6 Å². The highest BCUT2D eigenvalue weighted by atomic mass is 35.5. The number of methoxy groups -OCH3 is 2. The molecule has 46 heavy (non-hydrogen) atoms. The van der Waals surface area contributed by atoms with Crippen LogP contribution < -0.4 is 14.8 Å². The third-order valence-corrected chi connectivity index (χ3v) is 7.15. The normalized spacial score (nSPS) is 21.3. The molecule has 1 saturated heterocycles. The van der Waals surface area contributed by atoms with Crippen LogP contribution in [-0.2, 0) is 41.7 Å². The second kappa shape index (κ2) is 16.9.